The maximum atomic E-state index is 14.0. The fourth-order valence-electron chi connectivity index (χ4n) is 4.80. The van der Waals surface area contributed by atoms with Gasteiger partial charge in [0, 0.05) is 16.9 Å². The number of pyridine rings is 1. The van der Waals surface area contributed by atoms with Crippen molar-refractivity contribution in [1.82, 2.24) is 4.98 Å². The maximum absolute atomic E-state index is 14.0. The van der Waals surface area contributed by atoms with Crippen molar-refractivity contribution in [2.75, 3.05) is 24.4 Å². The lowest BCUT2D eigenvalue weighted by molar-refractivity contribution is -0.118. The summed E-state index contributed by atoms with van der Waals surface area (Å²) in [6.07, 6.45) is 0. The average Bonchev–Trinajstić information content (AvgIpc) is 2.93. The van der Waals surface area contributed by atoms with E-state index in [1.807, 2.05) is 73.7 Å². The summed E-state index contributed by atoms with van der Waals surface area (Å²) in [5.41, 5.74) is 3.41. The van der Waals surface area contributed by atoms with Crippen LogP contribution in [0.15, 0.2) is 91.0 Å². The van der Waals surface area contributed by atoms with Crippen LogP contribution in [0, 0.1) is 6.92 Å². The molecule has 1 aromatic heterocycles. The van der Waals surface area contributed by atoms with Crippen molar-refractivity contribution in [2.45, 2.75) is 18.9 Å². The highest BCUT2D eigenvalue weighted by Gasteiger charge is 2.45. The molecule has 5 rings (SSSR count). The maximum Gasteiger partial charge on any atom is 0.259 e. The summed E-state index contributed by atoms with van der Waals surface area (Å²) in [5, 5.41) is 2.99. The van der Waals surface area contributed by atoms with Crippen LogP contribution in [0.2, 0.25) is 0 Å². The molecule has 0 saturated heterocycles. The summed E-state index contributed by atoms with van der Waals surface area (Å²) < 4.78 is 10.7. The molecule has 4 aromatic rings. The number of nitrogens with zero attached hydrogens (tertiary/aromatic N) is 2. The Morgan fingerprint density at radius 2 is 1.49 bits per heavy atom. The molecule has 1 aliphatic rings. The Morgan fingerprint density at radius 1 is 0.838 bits per heavy atom. The van der Waals surface area contributed by atoms with Crippen molar-refractivity contribution >= 4 is 23.3 Å². The third kappa shape index (κ3) is 4.63. The first-order chi connectivity index (χ1) is 18.0. The largest absolute Gasteiger partial charge is 0.497 e. The number of benzene rings is 3. The number of carbonyl (C=O) groups excluding carboxylic acids is 2. The fraction of sp³-hybridized carbons (Fsp3) is 0.167. The van der Waals surface area contributed by atoms with Crippen LogP contribution in [0.3, 0.4) is 0 Å². The molecule has 0 fully saturated rings. The lowest BCUT2D eigenvalue weighted by Crippen LogP contribution is -2.46. The van der Waals surface area contributed by atoms with Crippen LogP contribution < -0.4 is 19.7 Å². The monoisotopic (exact) mass is 493 g/mol. The van der Waals surface area contributed by atoms with E-state index in [2.05, 4.69) is 10.3 Å². The molecular formula is C30H27N3O4. The highest BCUT2D eigenvalue weighted by Crippen LogP contribution is 2.46. The Labute approximate surface area is 215 Å². The first-order valence-electron chi connectivity index (χ1n) is 11.9. The predicted octanol–water partition coefficient (Wildman–Crippen LogP) is 5.53. The van der Waals surface area contributed by atoms with Crippen molar-refractivity contribution in [2.24, 2.45) is 0 Å². The molecule has 2 heterocycles. The highest BCUT2D eigenvalue weighted by atomic mass is 16.5. The van der Waals surface area contributed by atoms with Crippen molar-refractivity contribution in [3.63, 3.8) is 0 Å². The molecule has 186 valence electrons. The number of aromatic nitrogens is 1. The second kappa shape index (κ2) is 10.1. The van der Waals surface area contributed by atoms with Crippen molar-refractivity contribution < 1.29 is 19.1 Å². The van der Waals surface area contributed by atoms with Gasteiger partial charge in [-0.3, -0.25) is 14.5 Å². The quantitative estimate of drug-likeness (QED) is 0.382. The number of fused-ring (bicyclic) bond motifs is 1. The van der Waals surface area contributed by atoms with Gasteiger partial charge in [0.25, 0.3) is 5.91 Å². The molecule has 1 aliphatic heterocycles. The van der Waals surface area contributed by atoms with Gasteiger partial charge in [-0.25, -0.2) is 4.98 Å². The molecule has 0 aliphatic carbocycles. The molecular weight excluding hydrogens is 466 g/mol. The van der Waals surface area contributed by atoms with Crippen LogP contribution in [0.4, 0.5) is 11.5 Å². The van der Waals surface area contributed by atoms with Crippen molar-refractivity contribution in [3.05, 3.63) is 113 Å². The van der Waals surface area contributed by atoms with Gasteiger partial charge in [0.1, 0.15) is 17.3 Å². The van der Waals surface area contributed by atoms with Gasteiger partial charge in [-0.1, -0.05) is 36.4 Å². The average molecular weight is 494 g/mol. The van der Waals surface area contributed by atoms with Crippen LogP contribution in [-0.4, -0.2) is 31.0 Å². The number of nitrogens with one attached hydrogen (secondary N) is 1. The Morgan fingerprint density at radius 3 is 2.14 bits per heavy atom. The lowest BCUT2D eigenvalue weighted by atomic mass is 9.78. The molecule has 2 atom stereocenters. The van der Waals surface area contributed by atoms with Gasteiger partial charge in [0.05, 0.1) is 26.2 Å². The van der Waals surface area contributed by atoms with Gasteiger partial charge in [-0.05, 0) is 72.6 Å². The summed E-state index contributed by atoms with van der Waals surface area (Å²) in [5.74, 6) is 0.689. The molecule has 0 bridgehead atoms. The summed E-state index contributed by atoms with van der Waals surface area (Å²) in [4.78, 5) is 34.1. The van der Waals surface area contributed by atoms with Gasteiger partial charge in [-0.2, -0.15) is 0 Å². The van der Waals surface area contributed by atoms with Gasteiger partial charge in [0.2, 0.25) is 5.91 Å². The van der Waals surface area contributed by atoms with Crippen molar-refractivity contribution in [3.8, 4) is 11.5 Å². The van der Waals surface area contributed by atoms with E-state index in [0.29, 0.717) is 34.1 Å². The second-order valence-electron chi connectivity index (χ2n) is 8.81. The van der Waals surface area contributed by atoms with Gasteiger partial charge in [0.15, 0.2) is 0 Å². The number of carbonyl (C=O) groups is 2. The predicted molar refractivity (Wildman–Crippen MR) is 142 cm³/mol. The Kier molecular flexibility index (Phi) is 6.60. The summed E-state index contributed by atoms with van der Waals surface area (Å²) >= 11 is 0. The minimum absolute atomic E-state index is 0.181. The van der Waals surface area contributed by atoms with Crippen LogP contribution in [-0.2, 0) is 4.79 Å². The molecule has 0 unspecified atom stereocenters. The SMILES string of the molecule is COc1ccc([C@H]2[C@@H](C(=O)Nc3cccc(C)n3)c3ccccc3C(=O)N2c2ccc(OC)cc2)cc1. The number of aryl methyl sites for hydroxylation is 1. The van der Waals surface area contributed by atoms with E-state index in [4.69, 9.17) is 9.47 Å². The Bertz CT molecular complexity index is 1430. The van der Waals surface area contributed by atoms with E-state index < -0.39 is 12.0 Å². The molecule has 0 saturated carbocycles. The van der Waals surface area contributed by atoms with E-state index in [9.17, 15) is 9.59 Å². The number of hydrogen-bond donors (Lipinski definition) is 1. The standard InChI is InChI=1S/C30H27N3O4/c1-19-7-6-10-26(31-19)32-29(34)27-24-8-4-5-9-25(24)30(35)33(21-13-17-23(37-3)18-14-21)28(27)20-11-15-22(36-2)16-12-20/h4-18,27-28H,1-3H3,(H,31,32,34)/t27-,28-/m0/s1. The minimum atomic E-state index is -0.702. The number of hydrogen-bond acceptors (Lipinski definition) is 5. The number of amides is 2. The number of methoxy groups -OCH3 is 2. The molecule has 2 amide bonds. The first-order valence-corrected chi connectivity index (χ1v) is 11.9. The zero-order valence-corrected chi connectivity index (χ0v) is 20.8. The summed E-state index contributed by atoms with van der Waals surface area (Å²) in [7, 11) is 3.20. The van der Waals surface area contributed by atoms with E-state index in [0.717, 1.165) is 11.3 Å². The van der Waals surface area contributed by atoms with E-state index >= 15 is 0 Å². The third-order valence-electron chi connectivity index (χ3n) is 6.57. The van der Waals surface area contributed by atoms with E-state index in [-0.39, 0.29) is 11.8 Å². The molecule has 0 spiro atoms. The summed E-state index contributed by atoms with van der Waals surface area (Å²) in [6.45, 7) is 1.87. The Hall–Kier alpha value is -4.65. The van der Waals surface area contributed by atoms with E-state index in [1.165, 1.54) is 0 Å². The Balaban J connectivity index is 1.68. The highest BCUT2D eigenvalue weighted by molar-refractivity contribution is 6.12. The molecule has 1 N–H and O–H groups in total. The summed E-state index contributed by atoms with van der Waals surface area (Å²) in [6, 6.07) is 26.9. The van der Waals surface area contributed by atoms with Crippen LogP contribution in [0.5, 0.6) is 11.5 Å². The minimum Gasteiger partial charge on any atom is -0.497 e. The molecule has 7 nitrogen and oxygen atoms in total. The third-order valence-corrected chi connectivity index (χ3v) is 6.57. The zero-order chi connectivity index (χ0) is 25.9. The molecule has 0 radical (unpaired) electrons. The van der Waals surface area contributed by atoms with Crippen molar-refractivity contribution in [1.29, 1.82) is 0 Å². The zero-order valence-electron chi connectivity index (χ0n) is 20.8. The number of ether oxygens (including phenoxy) is 2. The topological polar surface area (TPSA) is 80.8 Å². The number of anilines is 2. The molecule has 37 heavy (non-hydrogen) atoms. The lowest BCUT2D eigenvalue weighted by Gasteiger charge is -2.41. The van der Waals surface area contributed by atoms with Crippen LogP contribution >= 0.6 is 0 Å². The fourth-order valence-corrected chi connectivity index (χ4v) is 4.80. The first kappa shape index (κ1) is 24.1. The second-order valence-corrected chi connectivity index (χ2v) is 8.81. The van der Waals surface area contributed by atoms with E-state index in [1.54, 1.807) is 43.4 Å². The normalized spacial score (nSPS) is 16.6. The molecule has 7 heteroatoms. The van der Waals surface area contributed by atoms with Crippen LogP contribution in [0.1, 0.15) is 39.1 Å². The van der Waals surface area contributed by atoms with Gasteiger partial charge in [-0.15, -0.1) is 0 Å². The van der Waals surface area contributed by atoms with Gasteiger partial charge < -0.3 is 14.8 Å². The molecule has 3 aromatic carbocycles. The number of rotatable bonds is 6. The smallest absolute Gasteiger partial charge is 0.259 e. The van der Waals surface area contributed by atoms with Gasteiger partial charge >= 0.3 is 0 Å². The van der Waals surface area contributed by atoms with Crippen LogP contribution in [0.25, 0.3) is 0 Å².